The SMILES string of the molecule is COc1cc(C(F)(F)F)c(C(=O)Nc2cc(-c3ccc(OC4CCCCO4)nc3)c(F)cc2N2CC(C)N(C)C(C)C2)cn1. The monoisotopic (exact) mass is 617 g/mol. The maximum atomic E-state index is 15.8. The van der Waals surface area contributed by atoms with Crippen LogP contribution in [0.25, 0.3) is 11.1 Å². The smallest absolute Gasteiger partial charge is 0.417 e. The molecule has 2 aliphatic heterocycles. The van der Waals surface area contributed by atoms with Crippen molar-refractivity contribution in [3.8, 4) is 22.9 Å². The van der Waals surface area contributed by atoms with Crippen molar-refractivity contribution in [2.75, 3.05) is 44.1 Å². The van der Waals surface area contributed by atoms with Gasteiger partial charge in [-0.1, -0.05) is 0 Å². The Kier molecular flexibility index (Phi) is 9.26. The second-order valence-corrected chi connectivity index (χ2v) is 11.1. The molecule has 4 heterocycles. The highest BCUT2D eigenvalue weighted by Gasteiger charge is 2.37. The first-order valence-electron chi connectivity index (χ1n) is 14.4. The summed E-state index contributed by atoms with van der Waals surface area (Å²) in [6.07, 6.45) is -0.291. The van der Waals surface area contributed by atoms with Crippen molar-refractivity contribution >= 4 is 17.3 Å². The van der Waals surface area contributed by atoms with Gasteiger partial charge in [0.1, 0.15) is 5.82 Å². The van der Waals surface area contributed by atoms with Gasteiger partial charge >= 0.3 is 6.18 Å². The number of amides is 1. The van der Waals surface area contributed by atoms with Crippen LogP contribution in [0.3, 0.4) is 0 Å². The number of hydrogen-bond donors (Lipinski definition) is 1. The third kappa shape index (κ3) is 6.88. The first kappa shape index (κ1) is 31.5. The number of hydrogen-bond acceptors (Lipinski definition) is 8. The van der Waals surface area contributed by atoms with Crippen molar-refractivity contribution in [2.24, 2.45) is 0 Å². The van der Waals surface area contributed by atoms with Crippen LogP contribution in [0.15, 0.2) is 42.7 Å². The molecule has 0 radical (unpaired) electrons. The average Bonchev–Trinajstić information content (AvgIpc) is 3.00. The van der Waals surface area contributed by atoms with Crippen LogP contribution in [0.5, 0.6) is 11.8 Å². The summed E-state index contributed by atoms with van der Waals surface area (Å²) in [5.41, 5.74) is -0.892. The highest BCUT2D eigenvalue weighted by atomic mass is 19.4. The van der Waals surface area contributed by atoms with E-state index in [2.05, 4.69) is 20.2 Å². The van der Waals surface area contributed by atoms with Crippen LogP contribution >= 0.6 is 0 Å². The summed E-state index contributed by atoms with van der Waals surface area (Å²) < 4.78 is 73.8. The number of nitrogens with one attached hydrogen (secondary N) is 1. The number of likely N-dealkylation sites (N-methyl/N-ethyl adjacent to an activating group) is 1. The summed E-state index contributed by atoms with van der Waals surface area (Å²) in [7, 11) is 3.18. The molecule has 3 aromatic rings. The fourth-order valence-corrected chi connectivity index (χ4v) is 5.45. The lowest BCUT2D eigenvalue weighted by atomic mass is 10.0. The Bertz CT molecular complexity index is 1470. The molecule has 44 heavy (non-hydrogen) atoms. The highest BCUT2D eigenvalue weighted by Crippen LogP contribution is 2.38. The predicted molar refractivity (Wildman–Crippen MR) is 156 cm³/mol. The number of carbonyl (C=O) groups is 1. The Morgan fingerprint density at radius 2 is 1.77 bits per heavy atom. The Hall–Kier alpha value is -3.97. The number of aromatic nitrogens is 2. The van der Waals surface area contributed by atoms with Crippen LogP contribution in [0, 0.1) is 5.82 Å². The van der Waals surface area contributed by atoms with Crippen LogP contribution in [-0.4, -0.2) is 73.0 Å². The van der Waals surface area contributed by atoms with Gasteiger partial charge in [0, 0.05) is 67.2 Å². The molecule has 0 saturated carbocycles. The van der Waals surface area contributed by atoms with Crippen molar-refractivity contribution in [2.45, 2.75) is 57.7 Å². The molecule has 1 amide bonds. The average molecular weight is 618 g/mol. The van der Waals surface area contributed by atoms with Gasteiger partial charge in [-0.3, -0.25) is 9.69 Å². The molecule has 2 fully saturated rings. The standard InChI is InChI=1S/C31H35F4N5O4/c1-18-16-40(17-19(2)39(18)3)26-13-24(32)21(20-8-9-27(36-14-20)44-29-7-5-6-10-43-29)11-25(26)38-30(41)22-15-37-28(42-4)12-23(22)31(33,34)35/h8-9,11-15,18-19,29H,5-7,10,16-17H2,1-4H3,(H,38,41). The normalized spacial score (nSPS) is 21.2. The molecule has 2 aromatic heterocycles. The summed E-state index contributed by atoms with van der Waals surface area (Å²) >= 11 is 0. The van der Waals surface area contributed by atoms with Gasteiger partial charge in [0.15, 0.2) is 0 Å². The van der Waals surface area contributed by atoms with Crippen LogP contribution in [0.2, 0.25) is 0 Å². The predicted octanol–water partition coefficient (Wildman–Crippen LogP) is 6.00. The van der Waals surface area contributed by atoms with Crippen LogP contribution in [0.4, 0.5) is 28.9 Å². The number of piperazine rings is 1. The third-order valence-electron chi connectivity index (χ3n) is 8.11. The minimum atomic E-state index is -4.85. The van der Waals surface area contributed by atoms with Gasteiger partial charge in [-0.15, -0.1) is 0 Å². The Labute approximate surface area is 253 Å². The van der Waals surface area contributed by atoms with Gasteiger partial charge < -0.3 is 24.4 Å². The van der Waals surface area contributed by atoms with Crippen molar-refractivity contribution in [3.05, 3.63) is 59.7 Å². The van der Waals surface area contributed by atoms with Gasteiger partial charge in [-0.2, -0.15) is 13.2 Å². The molecule has 2 saturated heterocycles. The molecule has 0 spiro atoms. The number of halogens is 4. The number of nitrogens with zero attached hydrogens (tertiary/aromatic N) is 4. The molecule has 2 aliphatic rings. The quantitative estimate of drug-likeness (QED) is 0.323. The first-order valence-corrected chi connectivity index (χ1v) is 14.4. The van der Waals surface area contributed by atoms with Crippen molar-refractivity contribution in [3.63, 3.8) is 0 Å². The van der Waals surface area contributed by atoms with Crippen LogP contribution in [0.1, 0.15) is 49.0 Å². The van der Waals surface area contributed by atoms with E-state index in [1.807, 2.05) is 25.8 Å². The van der Waals surface area contributed by atoms with Crippen molar-refractivity contribution < 1.29 is 36.6 Å². The lowest BCUT2D eigenvalue weighted by molar-refractivity contribution is -0.138. The second-order valence-electron chi connectivity index (χ2n) is 11.1. The maximum Gasteiger partial charge on any atom is 0.417 e. The number of rotatable bonds is 7. The van der Waals surface area contributed by atoms with E-state index < -0.39 is 35.3 Å². The summed E-state index contributed by atoms with van der Waals surface area (Å²) in [4.78, 5) is 25.6. The van der Waals surface area contributed by atoms with E-state index in [1.165, 1.54) is 25.4 Å². The van der Waals surface area contributed by atoms with Gasteiger partial charge in [0.2, 0.25) is 18.1 Å². The minimum absolute atomic E-state index is 0.0950. The third-order valence-corrected chi connectivity index (χ3v) is 8.11. The van der Waals surface area contributed by atoms with E-state index in [-0.39, 0.29) is 29.2 Å². The number of pyridine rings is 2. The molecule has 0 bridgehead atoms. The van der Waals surface area contributed by atoms with E-state index in [0.717, 1.165) is 25.5 Å². The molecule has 3 unspecified atom stereocenters. The first-order chi connectivity index (χ1) is 20.9. The van der Waals surface area contributed by atoms with E-state index in [1.54, 1.807) is 12.1 Å². The number of alkyl halides is 3. The molecule has 236 valence electrons. The van der Waals surface area contributed by atoms with Crippen molar-refractivity contribution in [1.82, 2.24) is 14.9 Å². The molecule has 5 rings (SSSR count). The zero-order chi connectivity index (χ0) is 31.6. The number of ether oxygens (including phenoxy) is 3. The van der Waals surface area contributed by atoms with Crippen LogP contribution < -0.4 is 19.7 Å². The van der Waals surface area contributed by atoms with E-state index in [9.17, 15) is 18.0 Å². The van der Waals surface area contributed by atoms with E-state index in [4.69, 9.17) is 14.2 Å². The molecule has 13 heteroatoms. The maximum absolute atomic E-state index is 15.8. The molecular formula is C31H35F4N5O4. The van der Waals surface area contributed by atoms with E-state index >= 15 is 4.39 Å². The lowest BCUT2D eigenvalue weighted by Gasteiger charge is -2.44. The summed E-state index contributed by atoms with van der Waals surface area (Å²) in [5.74, 6) is -1.59. The fourth-order valence-electron chi connectivity index (χ4n) is 5.45. The molecular weight excluding hydrogens is 582 g/mol. The molecule has 1 N–H and O–H groups in total. The lowest BCUT2D eigenvalue weighted by Crippen LogP contribution is -2.55. The Morgan fingerprint density at radius 3 is 2.39 bits per heavy atom. The van der Waals surface area contributed by atoms with Crippen LogP contribution in [-0.2, 0) is 10.9 Å². The highest BCUT2D eigenvalue weighted by molar-refractivity contribution is 6.07. The zero-order valence-electron chi connectivity index (χ0n) is 24.9. The number of anilines is 2. The molecule has 3 atom stereocenters. The van der Waals surface area contributed by atoms with Gasteiger partial charge in [-0.05, 0) is 51.9 Å². The minimum Gasteiger partial charge on any atom is -0.481 e. The second kappa shape index (κ2) is 12.9. The number of benzene rings is 1. The molecule has 0 aliphatic carbocycles. The van der Waals surface area contributed by atoms with Gasteiger partial charge in [0.05, 0.1) is 36.2 Å². The summed E-state index contributed by atoms with van der Waals surface area (Å²) in [6, 6.07) is 6.80. The largest absolute Gasteiger partial charge is 0.481 e. The van der Waals surface area contributed by atoms with Gasteiger partial charge in [0.25, 0.3) is 5.91 Å². The topological polar surface area (TPSA) is 89.0 Å². The Balaban J connectivity index is 1.51. The molecule has 9 nitrogen and oxygen atoms in total. The number of methoxy groups -OCH3 is 1. The summed E-state index contributed by atoms with van der Waals surface area (Å²) in [6.45, 7) is 5.68. The summed E-state index contributed by atoms with van der Waals surface area (Å²) in [5, 5.41) is 2.61. The zero-order valence-corrected chi connectivity index (χ0v) is 24.9. The molecule has 1 aromatic carbocycles. The fraction of sp³-hybridized carbons (Fsp3) is 0.452. The van der Waals surface area contributed by atoms with E-state index in [0.29, 0.717) is 42.9 Å². The van der Waals surface area contributed by atoms with Gasteiger partial charge in [-0.25, -0.2) is 14.4 Å². The van der Waals surface area contributed by atoms with Crippen molar-refractivity contribution in [1.29, 1.82) is 0 Å². The number of carbonyl (C=O) groups excluding carboxylic acids is 1. The Morgan fingerprint density at radius 1 is 1.05 bits per heavy atom.